The maximum atomic E-state index is 8.83. The Labute approximate surface area is 136 Å². The molecule has 0 aliphatic carbocycles. The van der Waals surface area contributed by atoms with Gasteiger partial charge in [-0.25, -0.2) is 0 Å². The average molecular weight is 298 g/mol. The van der Waals surface area contributed by atoms with Crippen molar-refractivity contribution in [1.29, 1.82) is 0 Å². The molecule has 0 saturated carbocycles. The topological polar surface area (TPSA) is 20.2 Å². The summed E-state index contributed by atoms with van der Waals surface area (Å²) in [6, 6.07) is 27.1. The number of benzene rings is 3. The maximum Gasteiger partial charge on any atom is 0.0791 e. The van der Waals surface area contributed by atoms with Crippen LogP contribution in [0.1, 0.15) is 5.56 Å². The molecule has 0 aliphatic heterocycles. The maximum absolute atomic E-state index is 8.83. The lowest BCUT2D eigenvalue weighted by molar-refractivity contribution is 0.474. The molecule has 0 heterocycles. The van der Waals surface area contributed by atoms with E-state index in [0.29, 0.717) is 0 Å². The highest BCUT2D eigenvalue weighted by atomic mass is 16.2. The third-order valence-corrected chi connectivity index (χ3v) is 3.72. The third kappa shape index (κ3) is 3.41. The van der Waals surface area contributed by atoms with Gasteiger partial charge in [-0.1, -0.05) is 91.0 Å². The predicted octanol–water partition coefficient (Wildman–Crippen LogP) is 6.11. The van der Waals surface area contributed by atoms with Gasteiger partial charge in [-0.3, -0.25) is 0 Å². The fraction of sp³-hybridized carbons (Fsp3) is 0. The van der Waals surface area contributed by atoms with Crippen molar-refractivity contribution in [2.24, 2.45) is 0 Å². The van der Waals surface area contributed by atoms with Crippen LogP contribution >= 0.6 is 0 Å². The van der Waals surface area contributed by atoms with Crippen molar-refractivity contribution < 1.29 is 5.11 Å². The highest BCUT2D eigenvalue weighted by Crippen LogP contribution is 2.35. The van der Waals surface area contributed by atoms with E-state index in [4.69, 9.17) is 5.11 Å². The first-order chi connectivity index (χ1) is 11.4. The minimum Gasteiger partial charge on any atom is -0.516 e. The summed E-state index contributed by atoms with van der Waals surface area (Å²) in [5.74, 6) is 0. The van der Waals surface area contributed by atoms with E-state index < -0.39 is 0 Å². The van der Waals surface area contributed by atoms with Gasteiger partial charge in [0.05, 0.1) is 6.26 Å². The van der Waals surface area contributed by atoms with E-state index in [9.17, 15) is 0 Å². The Bertz CT molecular complexity index is 815. The molecule has 23 heavy (non-hydrogen) atoms. The highest BCUT2D eigenvalue weighted by molar-refractivity contribution is 5.89. The molecular weight excluding hydrogens is 280 g/mol. The van der Waals surface area contributed by atoms with Gasteiger partial charge in [-0.2, -0.15) is 0 Å². The van der Waals surface area contributed by atoms with Crippen molar-refractivity contribution in [2.75, 3.05) is 0 Å². The van der Waals surface area contributed by atoms with Crippen LogP contribution in [0.15, 0.2) is 97.3 Å². The van der Waals surface area contributed by atoms with Gasteiger partial charge in [0.15, 0.2) is 0 Å². The van der Waals surface area contributed by atoms with Crippen molar-refractivity contribution in [3.63, 3.8) is 0 Å². The third-order valence-electron chi connectivity index (χ3n) is 3.72. The van der Waals surface area contributed by atoms with E-state index >= 15 is 0 Å². The van der Waals surface area contributed by atoms with Crippen molar-refractivity contribution in [3.05, 3.63) is 103 Å². The second-order valence-corrected chi connectivity index (χ2v) is 5.20. The number of hydrogen-bond donors (Lipinski definition) is 1. The van der Waals surface area contributed by atoms with Crippen molar-refractivity contribution in [1.82, 2.24) is 0 Å². The normalized spacial score (nSPS) is 11.3. The molecule has 0 aliphatic rings. The van der Waals surface area contributed by atoms with E-state index in [-0.39, 0.29) is 0 Å². The van der Waals surface area contributed by atoms with Crippen molar-refractivity contribution >= 4 is 6.08 Å². The molecule has 0 fully saturated rings. The first-order valence-electron chi connectivity index (χ1n) is 7.61. The van der Waals surface area contributed by atoms with E-state index in [1.165, 1.54) is 22.3 Å². The molecule has 0 radical (unpaired) electrons. The summed E-state index contributed by atoms with van der Waals surface area (Å²) in [7, 11) is 0. The van der Waals surface area contributed by atoms with Crippen LogP contribution in [0.25, 0.3) is 28.3 Å². The fourth-order valence-electron chi connectivity index (χ4n) is 2.70. The Morgan fingerprint density at radius 3 is 1.91 bits per heavy atom. The molecule has 0 atom stereocenters. The standard InChI is InChI=1S/C22H18O/c23-17-8-7-14-20-15-9-16-21(18-10-3-1-4-11-18)22(20)19-12-5-2-6-13-19/h1-17,23H. The van der Waals surface area contributed by atoms with E-state index in [1.54, 1.807) is 6.08 Å². The van der Waals surface area contributed by atoms with Gasteiger partial charge in [-0.15, -0.1) is 0 Å². The monoisotopic (exact) mass is 298 g/mol. The molecule has 0 unspecified atom stereocenters. The number of hydrogen-bond acceptors (Lipinski definition) is 1. The molecule has 1 nitrogen and oxygen atoms in total. The Kier molecular flexibility index (Phi) is 4.70. The lowest BCUT2D eigenvalue weighted by Crippen LogP contribution is -1.89. The Morgan fingerprint density at radius 2 is 1.26 bits per heavy atom. The Morgan fingerprint density at radius 1 is 0.609 bits per heavy atom. The van der Waals surface area contributed by atoms with E-state index in [0.717, 1.165) is 11.8 Å². The van der Waals surface area contributed by atoms with Crippen LogP contribution in [-0.4, -0.2) is 5.11 Å². The quantitative estimate of drug-likeness (QED) is 0.455. The second-order valence-electron chi connectivity index (χ2n) is 5.20. The number of aliphatic hydroxyl groups is 1. The summed E-state index contributed by atoms with van der Waals surface area (Å²) >= 11 is 0. The molecule has 0 amide bonds. The van der Waals surface area contributed by atoms with Gasteiger partial charge in [-0.05, 0) is 33.9 Å². The molecule has 0 saturated heterocycles. The summed E-state index contributed by atoms with van der Waals surface area (Å²) in [4.78, 5) is 0. The number of allylic oxidation sites excluding steroid dienone is 2. The van der Waals surface area contributed by atoms with Gasteiger partial charge in [0.25, 0.3) is 0 Å². The van der Waals surface area contributed by atoms with Crippen LogP contribution in [0.3, 0.4) is 0 Å². The Hall–Kier alpha value is -3.06. The smallest absolute Gasteiger partial charge is 0.0791 e. The van der Waals surface area contributed by atoms with Crippen LogP contribution in [0, 0.1) is 0 Å². The average Bonchev–Trinajstić information content (AvgIpc) is 2.63. The zero-order chi connectivity index (χ0) is 15.9. The molecule has 0 spiro atoms. The van der Waals surface area contributed by atoms with E-state index in [2.05, 4.69) is 66.7 Å². The molecule has 3 aromatic rings. The van der Waals surface area contributed by atoms with Crippen molar-refractivity contribution in [2.45, 2.75) is 0 Å². The van der Waals surface area contributed by atoms with E-state index in [1.807, 2.05) is 24.3 Å². The van der Waals surface area contributed by atoms with Gasteiger partial charge < -0.3 is 5.11 Å². The van der Waals surface area contributed by atoms with Crippen molar-refractivity contribution in [3.8, 4) is 22.3 Å². The summed E-state index contributed by atoms with van der Waals surface area (Å²) in [5.41, 5.74) is 5.89. The van der Waals surface area contributed by atoms with Crippen LogP contribution in [0.4, 0.5) is 0 Å². The molecule has 3 aromatic carbocycles. The van der Waals surface area contributed by atoms with Gasteiger partial charge in [0, 0.05) is 0 Å². The lowest BCUT2D eigenvalue weighted by Gasteiger charge is -2.14. The largest absolute Gasteiger partial charge is 0.516 e. The SMILES string of the molecule is OC=CC=Cc1cccc(-c2ccccc2)c1-c1ccccc1. The van der Waals surface area contributed by atoms with Crippen LogP contribution < -0.4 is 0 Å². The lowest BCUT2D eigenvalue weighted by atomic mass is 9.90. The summed E-state index contributed by atoms with van der Waals surface area (Å²) in [6.45, 7) is 0. The zero-order valence-corrected chi connectivity index (χ0v) is 12.8. The first-order valence-corrected chi connectivity index (χ1v) is 7.61. The molecule has 0 aromatic heterocycles. The molecule has 112 valence electrons. The molecule has 1 heteroatoms. The summed E-state index contributed by atoms with van der Waals surface area (Å²) in [6.07, 6.45) is 6.52. The number of rotatable bonds is 4. The minimum atomic E-state index is 1.04. The summed E-state index contributed by atoms with van der Waals surface area (Å²) < 4.78 is 0. The number of aliphatic hydroxyl groups excluding tert-OH is 1. The van der Waals surface area contributed by atoms with Gasteiger partial charge in [0.2, 0.25) is 0 Å². The Balaban J connectivity index is 2.22. The van der Waals surface area contributed by atoms with Crippen LogP contribution in [0.5, 0.6) is 0 Å². The fourth-order valence-corrected chi connectivity index (χ4v) is 2.70. The minimum absolute atomic E-state index is 1.04. The molecule has 3 rings (SSSR count). The molecule has 0 bridgehead atoms. The summed E-state index contributed by atoms with van der Waals surface area (Å²) in [5, 5.41) is 8.83. The second kappa shape index (κ2) is 7.28. The highest BCUT2D eigenvalue weighted by Gasteiger charge is 2.10. The van der Waals surface area contributed by atoms with Crippen LogP contribution in [-0.2, 0) is 0 Å². The molecular formula is C22H18O. The predicted molar refractivity (Wildman–Crippen MR) is 98.1 cm³/mol. The van der Waals surface area contributed by atoms with Gasteiger partial charge >= 0.3 is 0 Å². The van der Waals surface area contributed by atoms with Gasteiger partial charge in [0.1, 0.15) is 0 Å². The molecule has 1 N–H and O–H groups in total. The zero-order valence-electron chi connectivity index (χ0n) is 12.8. The van der Waals surface area contributed by atoms with Crippen LogP contribution in [0.2, 0.25) is 0 Å². The first kappa shape index (κ1) is 14.9.